The number of benzene rings is 1. The standard InChI is InChI=1S/C16H15BrFNO/c17-12-6-9(4-5-13(12)18)16-10-2-1-3-14(10)19-15-8-20-7-11(15)16/h4-6,10,16H,1-3,7-8H2. The number of nitrogens with zero attached hydrogens (tertiary/aromatic N) is 1. The van der Waals surface area contributed by atoms with Crippen molar-refractivity contribution in [3.63, 3.8) is 0 Å². The molecule has 1 aromatic rings. The summed E-state index contributed by atoms with van der Waals surface area (Å²) >= 11 is 3.31. The Morgan fingerprint density at radius 3 is 3.05 bits per heavy atom. The molecule has 104 valence electrons. The summed E-state index contributed by atoms with van der Waals surface area (Å²) in [5, 5.41) is 0. The smallest absolute Gasteiger partial charge is 0.137 e. The fraction of sp³-hybridized carbons (Fsp3) is 0.438. The van der Waals surface area contributed by atoms with Crippen molar-refractivity contribution >= 4 is 21.6 Å². The van der Waals surface area contributed by atoms with Gasteiger partial charge in [-0.05, 0) is 58.5 Å². The minimum atomic E-state index is -0.207. The first-order valence-electron chi connectivity index (χ1n) is 7.06. The third-order valence-electron chi connectivity index (χ3n) is 4.60. The maximum absolute atomic E-state index is 13.5. The molecule has 1 aliphatic carbocycles. The highest BCUT2D eigenvalue weighted by molar-refractivity contribution is 9.10. The summed E-state index contributed by atoms with van der Waals surface area (Å²) < 4.78 is 19.6. The second kappa shape index (κ2) is 4.78. The Morgan fingerprint density at radius 2 is 2.20 bits per heavy atom. The Bertz CT molecular complexity index is 637. The van der Waals surface area contributed by atoms with Crippen LogP contribution >= 0.6 is 15.9 Å². The lowest BCUT2D eigenvalue weighted by atomic mass is 9.77. The first-order chi connectivity index (χ1) is 9.74. The molecule has 4 heteroatoms. The van der Waals surface area contributed by atoms with Crippen LogP contribution < -0.4 is 0 Å². The normalized spacial score (nSPS) is 28.4. The SMILES string of the molecule is Fc1ccc(C2C3=C(COC3)N=C3CCCC32)cc1Br. The van der Waals surface area contributed by atoms with E-state index >= 15 is 0 Å². The van der Waals surface area contributed by atoms with Crippen molar-refractivity contribution in [1.82, 2.24) is 0 Å². The average Bonchev–Trinajstić information content (AvgIpc) is 3.07. The Morgan fingerprint density at radius 1 is 1.30 bits per heavy atom. The van der Waals surface area contributed by atoms with Gasteiger partial charge in [0.1, 0.15) is 5.82 Å². The van der Waals surface area contributed by atoms with Gasteiger partial charge >= 0.3 is 0 Å². The molecular weight excluding hydrogens is 321 g/mol. The largest absolute Gasteiger partial charge is 0.371 e. The van der Waals surface area contributed by atoms with Gasteiger partial charge in [-0.1, -0.05) is 6.07 Å². The molecule has 0 saturated heterocycles. The molecule has 4 rings (SSSR count). The number of ether oxygens (including phenoxy) is 1. The zero-order valence-corrected chi connectivity index (χ0v) is 12.6. The minimum absolute atomic E-state index is 0.207. The van der Waals surface area contributed by atoms with E-state index in [1.54, 1.807) is 6.07 Å². The van der Waals surface area contributed by atoms with Gasteiger partial charge in [-0.15, -0.1) is 0 Å². The zero-order valence-electron chi connectivity index (χ0n) is 11.0. The molecule has 2 unspecified atom stereocenters. The number of fused-ring (bicyclic) bond motifs is 1. The van der Waals surface area contributed by atoms with Crippen molar-refractivity contribution in [1.29, 1.82) is 0 Å². The van der Waals surface area contributed by atoms with E-state index in [-0.39, 0.29) is 5.82 Å². The molecule has 2 aliphatic heterocycles. The average molecular weight is 336 g/mol. The highest BCUT2D eigenvalue weighted by Crippen LogP contribution is 2.46. The van der Waals surface area contributed by atoms with E-state index in [4.69, 9.17) is 9.73 Å². The summed E-state index contributed by atoms with van der Waals surface area (Å²) in [7, 11) is 0. The summed E-state index contributed by atoms with van der Waals surface area (Å²) in [5.41, 5.74) is 4.91. The second-order valence-electron chi connectivity index (χ2n) is 5.72. The first kappa shape index (κ1) is 12.7. The van der Waals surface area contributed by atoms with Gasteiger partial charge in [-0.25, -0.2) is 4.39 Å². The van der Waals surface area contributed by atoms with E-state index in [0.717, 1.165) is 12.1 Å². The summed E-state index contributed by atoms with van der Waals surface area (Å²) in [5.74, 6) is 0.592. The summed E-state index contributed by atoms with van der Waals surface area (Å²) in [6.07, 6.45) is 3.49. The third kappa shape index (κ3) is 1.89. The molecular formula is C16H15BrFNO. The number of hydrogen-bond donors (Lipinski definition) is 0. The van der Waals surface area contributed by atoms with Crippen molar-refractivity contribution in [3.05, 3.63) is 45.3 Å². The van der Waals surface area contributed by atoms with Crippen LogP contribution in [-0.2, 0) is 4.74 Å². The number of halogens is 2. The lowest BCUT2D eigenvalue weighted by Crippen LogP contribution is -2.24. The van der Waals surface area contributed by atoms with E-state index in [0.29, 0.717) is 29.5 Å². The summed E-state index contributed by atoms with van der Waals surface area (Å²) in [6.45, 7) is 1.30. The molecule has 1 saturated carbocycles. The molecule has 20 heavy (non-hydrogen) atoms. The van der Waals surface area contributed by atoms with E-state index in [1.807, 2.05) is 12.1 Å². The third-order valence-corrected chi connectivity index (χ3v) is 5.21. The number of rotatable bonds is 1. The van der Waals surface area contributed by atoms with Crippen molar-refractivity contribution in [2.45, 2.75) is 25.2 Å². The van der Waals surface area contributed by atoms with Crippen LogP contribution in [0.2, 0.25) is 0 Å². The molecule has 1 aromatic carbocycles. The van der Waals surface area contributed by atoms with Crippen LogP contribution in [0, 0.1) is 11.7 Å². The van der Waals surface area contributed by atoms with Crippen LogP contribution in [0.1, 0.15) is 30.7 Å². The van der Waals surface area contributed by atoms with Crippen molar-refractivity contribution in [3.8, 4) is 0 Å². The molecule has 2 atom stereocenters. The zero-order chi connectivity index (χ0) is 13.7. The summed E-state index contributed by atoms with van der Waals surface area (Å²) in [4.78, 5) is 4.81. The monoisotopic (exact) mass is 335 g/mol. The molecule has 0 radical (unpaired) electrons. The van der Waals surface area contributed by atoms with E-state index in [9.17, 15) is 4.39 Å². The molecule has 2 heterocycles. The second-order valence-corrected chi connectivity index (χ2v) is 6.57. The maximum Gasteiger partial charge on any atom is 0.137 e. The van der Waals surface area contributed by atoms with Crippen LogP contribution in [0.25, 0.3) is 0 Å². The van der Waals surface area contributed by atoms with E-state index < -0.39 is 0 Å². The van der Waals surface area contributed by atoms with Gasteiger partial charge in [0, 0.05) is 17.5 Å². The topological polar surface area (TPSA) is 21.6 Å². The lowest BCUT2D eigenvalue weighted by Gasteiger charge is -2.29. The van der Waals surface area contributed by atoms with Gasteiger partial charge in [-0.2, -0.15) is 0 Å². The van der Waals surface area contributed by atoms with Gasteiger partial charge in [0.25, 0.3) is 0 Å². The van der Waals surface area contributed by atoms with Gasteiger partial charge in [0.05, 0.1) is 23.4 Å². The Kier molecular flexibility index (Phi) is 3.04. The van der Waals surface area contributed by atoms with Crippen molar-refractivity contribution < 1.29 is 9.13 Å². The van der Waals surface area contributed by atoms with Crippen LogP contribution in [0.4, 0.5) is 4.39 Å². The summed E-state index contributed by atoms with van der Waals surface area (Å²) in [6, 6.07) is 5.38. The fourth-order valence-corrected chi connectivity index (χ4v) is 4.11. The predicted molar refractivity (Wildman–Crippen MR) is 79.5 cm³/mol. The lowest BCUT2D eigenvalue weighted by molar-refractivity contribution is 0.201. The van der Waals surface area contributed by atoms with Gasteiger partial charge in [-0.3, -0.25) is 4.99 Å². The van der Waals surface area contributed by atoms with Crippen molar-refractivity contribution in [2.24, 2.45) is 10.9 Å². The minimum Gasteiger partial charge on any atom is -0.371 e. The van der Waals surface area contributed by atoms with Crippen LogP contribution in [0.3, 0.4) is 0 Å². The van der Waals surface area contributed by atoms with Crippen LogP contribution in [-0.4, -0.2) is 18.9 Å². The Labute approximate surface area is 125 Å². The fourth-order valence-electron chi connectivity index (χ4n) is 3.72. The highest BCUT2D eigenvalue weighted by Gasteiger charge is 2.40. The molecule has 2 nitrogen and oxygen atoms in total. The molecule has 0 aromatic heterocycles. The molecule has 0 bridgehead atoms. The van der Waals surface area contributed by atoms with Gasteiger partial charge < -0.3 is 4.74 Å². The van der Waals surface area contributed by atoms with Crippen LogP contribution in [0.5, 0.6) is 0 Å². The molecule has 0 amide bonds. The Balaban J connectivity index is 1.82. The molecule has 1 fully saturated rings. The van der Waals surface area contributed by atoms with Gasteiger partial charge in [0.15, 0.2) is 0 Å². The van der Waals surface area contributed by atoms with Crippen LogP contribution in [0.15, 0.2) is 38.9 Å². The van der Waals surface area contributed by atoms with Crippen molar-refractivity contribution in [2.75, 3.05) is 13.2 Å². The predicted octanol–water partition coefficient (Wildman–Crippen LogP) is 4.21. The highest BCUT2D eigenvalue weighted by atomic mass is 79.9. The van der Waals surface area contributed by atoms with Gasteiger partial charge in [0.2, 0.25) is 0 Å². The maximum atomic E-state index is 13.5. The molecule has 0 spiro atoms. The number of hydrogen-bond acceptors (Lipinski definition) is 2. The first-order valence-corrected chi connectivity index (χ1v) is 7.85. The van der Waals surface area contributed by atoms with E-state index in [2.05, 4.69) is 15.9 Å². The molecule has 3 aliphatic rings. The van der Waals surface area contributed by atoms with E-state index in [1.165, 1.54) is 29.7 Å². The quantitative estimate of drug-likeness (QED) is 0.753. The molecule has 0 N–H and O–H groups in total. The number of aliphatic imine (C=N–C) groups is 1. The Hall–Kier alpha value is -1.00.